The first-order chi connectivity index (χ1) is 8.76. The largest absolute Gasteiger partial charge is 0.463 e. The first-order valence-corrected chi connectivity index (χ1v) is 6.38. The van der Waals surface area contributed by atoms with Crippen molar-refractivity contribution in [1.29, 1.82) is 0 Å². The molecule has 1 aliphatic carbocycles. The molecular weight excluding hydrogens is 232 g/mol. The number of hydrogen-bond acceptors (Lipinski definition) is 7. The van der Waals surface area contributed by atoms with Crippen LogP contribution in [0.1, 0.15) is 33.1 Å². The van der Waals surface area contributed by atoms with E-state index in [1.165, 1.54) is 12.8 Å². The number of rotatable bonds is 7. The number of nitrogen functional groups attached to an aromatic ring is 1. The smallest absolute Gasteiger partial charge is 0.323 e. The van der Waals surface area contributed by atoms with E-state index in [0.717, 1.165) is 12.3 Å². The Kier molecular flexibility index (Phi) is 4.14. The van der Waals surface area contributed by atoms with Crippen LogP contribution < -0.4 is 21.3 Å². The molecular formula is C11H20N6O. The molecule has 1 saturated carbocycles. The van der Waals surface area contributed by atoms with E-state index < -0.39 is 0 Å². The minimum atomic E-state index is 0.302. The molecule has 0 bridgehead atoms. The van der Waals surface area contributed by atoms with E-state index in [1.54, 1.807) is 0 Å². The van der Waals surface area contributed by atoms with Crippen LogP contribution in [0.3, 0.4) is 0 Å². The molecule has 0 aromatic carbocycles. The minimum absolute atomic E-state index is 0.302. The summed E-state index contributed by atoms with van der Waals surface area (Å²) in [6, 6.07) is 0.762. The zero-order valence-corrected chi connectivity index (χ0v) is 10.8. The van der Waals surface area contributed by atoms with Crippen molar-refractivity contribution in [1.82, 2.24) is 15.0 Å². The zero-order valence-electron chi connectivity index (χ0n) is 10.8. The summed E-state index contributed by atoms with van der Waals surface area (Å²) >= 11 is 0. The summed E-state index contributed by atoms with van der Waals surface area (Å²) in [4.78, 5) is 12.4. The lowest BCUT2D eigenvalue weighted by Gasteiger charge is -2.08. The van der Waals surface area contributed by atoms with Crippen molar-refractivity contribution in [3.8, 4) is 6.01 Å². The van der Waals surface area contributed by atoms with E-state index in [9.17, 15) is 0 Å². The Morgan fingerprint density at radius 2 is 2.06 bits per heavy atom. The van der Waals surface area contributed by atoms with Crippen molar-refractivity contribution >= 4 is 11.9 Å². The first-order valence-electron chi connectivity index (χ1n) is 6.38. The summed E-state index contributed by atoms with van der Waals surface area (Å²) in [5.41, 5.74) is 2.42. The second kappa shape index (κ2) is 5.81. The van der Waals surface area contributed by atoms with E-state index >= 15 is 0 Å². The number of nitrogens with two attached hydrogens (primary N) is 1. The number of anilines is 2. The van der Waals surface area contributed by atoms with Crippen molar-refractivity contribution in [2.24, 2.45) is 11.8 Å². The quantitative estimate of drug-likeness (QED) is 0.494. The second-order valence-corrected chi connectivity index (χ2v) is 4.41. The van der Waals surface area contributed by atoms with Crippen molar-refractivity contribution in [2.45, 2.75) is 39.2 Å². The van der Waals surface area contributed by atoms with Gasteiger partial charge in [-0.3, -0.25) is 5.43 Å². The second-order valence-electron chi connectivity index (χ2n) is 4.41. The van der Waals surface area contributed by atoms with Crippen molar-refractivity contribution in [3.05, 3.63) is 0 Å². The Labute approximate surface area is 107 Å². The molecule has 18 heavy (non-hydrogen) atoms. The first kappa shape index (κ1) is 12.8. The monoisotopic (exact) mass is 252 g/mol. The Bertz CT molecular complexity index is 399. The third-order valence-corrected chi connectivity index (χ3v) is 2.94. The molecule has 1 aromatic rings. The highest BCUT2D eigenvalue weighted by molar-refractivity contribution is 5.37. The van der Waals surface area contributed by atoms with Crippen LogP contribution in [0, 0.1) is 5.92 Å². The van der Waals surface area contributed by atoms with Gasteiger partial charge in [-0.2, -0.15) is 15.0 Å². The minimum Gasteiger partial charge on any atom is -0.463 e. The standard InChI is InChI=1S/C11H20N6O/c1-3-5-18-11-15-9(14-10(16-11)17-12)13-8-6-7(8)4-2/h7-8H,3-6,12H2,1-2H3,(H2,13,14,15,16,17). The molecule has 1 fully saturated rings. The molecule has 2 unspecified atom stereocenters. The van der Waals surface area contributed by atoms with Crippen molar-refractivity contribution in [3.63, 3.8) is 0 Å². The normalized spacial score (nSPS) is 21.5. The average molecular weight is 252 g/mol. The highest BCUT2D eigenvalue weighted by Gasteiger charge is 2.35. The van der Waals surface area contributed by atoms with Gasteiger partial charge in [0.15, 0.2) is 0 Å². The maximum atomic E-state index is 5.40. The molecule has 0 amide bonds. The maximum absolute atomic E-state index is 5.40. The summed E-state index contributed by atoms with van der Waals surface area (Å²) < 4.78 is 5.40. The van der Waals surface area contributed by atoms with Crippen LogP contribution in [0.25, 0.3) is 0 Å². The lowest BCUT2D eigenvalue weighted by atomic mass is 10.3. The number of hydrazine groups is 1. The predicted molar refractivity (Wildman–Crippen MR) is 69.2 cm³/mol. The van der Waals surface area contributed by atoms with E-state index in [-0.39, 0.29) is 0 Å². The van der Waals surface area contributed by atoms with Crippen LogP contribution in [0.4, 0.5) is 11.9 Å². The van der Waals surface area contributed by atoms with Crippen molar-refractivity contribution < 1.29 is 4.74 Å². The molecule has 0 spiro atoms. The molecule has 0 radical (unpaired) electrons. The number of hydrogen-bond donors (Lipinski definition) is 3. The third-order valence-electron chi connectivity index (χ3n) is 2.94. The molecule has 1 aliphatic rings. The van der Waals surface area contributed by atoms with Crippen LogP contribution in [0.5, 0.6) is 6.01 Å². The van der Waals surface area contributed by atoms with Crippen LogP contribution in [0.15, 0.2) is 0 Å². The Morgan fingerprint density at radius 3 is 2.67 bits per heavy atom. The lowest BCUT2D eigenvalue weighted by molar-refractivity contribution is 0.292. The Morgan fingerprint density at radius 1 is 1.28 bits per heavy atom. The van der Waals surface area contributed by atoms with Gasteiger partial charge in [0, 0.05) is 6.04 Å². The average Bonchev–Trinajstić information content (AvgIpc) is 3.14. The van der Waals surface area contributed by atoms with E-state index in [2.05, 4.69) is 32.6 Å². The number of nitrogens with zero attached hydrogens (tertiary/aromatic N) is 3. The summed E-state index contributed by atoms with van der Waals surface area (Å²) in [6.07, 6.45) is 3.24. The fourth-order valence-electron chi connectivity index (χ4n) is 1.78. The fraction of sp³-hybridized carbons (Fsp3) is 0.727. The van der Waals surface area contributed by atoms with Gasteiger partial charge in [0.1, 0.15) is 0 Å². The summed E-state index contributed by atoms with van der Waals surface area (Å²) in [5, 5.41) is 3.27. The van der Waals surface area contributed by atoms with Gasteiger partial charge in [0.2, 0.25) is 11.9 Å². The third kappa shape index (κ3) is 3.19. The highest BCUT2D eigenvalue weighted by Crippen LogP contribution is 2.35. The van der Waals surface area contributed by atoms with Gasteiger partial charge in [-0.25, -0.2) is 5.84 Å². The van der Waals surface area contributed by atoms with Gasteiger partial charge in [0.25, 0.3) is 0 Å². The van der Waals surface area contributed by atoms with Gasteiger partial charge in [-0.05, 0) is 18.8 Å². The van der Waals surface area contributed by atoms with Crippen LogP contribution >= 0.6 is 0 Å². The van der Waals surface area contributed by atoms with Gasteiger partial charge in [-0.15, -0.1) is 0 Å². The van der Waals surface area contributed by atoms with E-state index in [1.807, 2.05) is 6.92 Å². The molecule has 7 nitrogen and oxygen atoms in total. The van der Waals surface area contributed by atoms with Crippen molar-refractivity contribution in [2.75, 3.05) is 17.3 Å². The zero-order chi connectivity index (χ0) is 13.0. The summed E-state index contributed by atoms with van der Waals surface area (Å²) in [6.45, 7) is 4.79. The molecule has 100 valence electrons. The van der Waals surface area contributed by atoms with E-state index in [4.69, 9.17) is 10.6 Å². The SMILES string of the molecule is CCCOc1nc(NN)nc(NC2CC2CC)n1. The molecule has 1 heterocycles. The molecule has 4 N–H and O–H groups in total. The predicted octanol–water partition coefficient (Wildman–Crippen LogP) is 1.16. The van der Waals surface area contributed by atoms with Gasteiger partial charge >= 0.3 is 6.01 Å². The number of aromatic nitrogens is 3. The van der Waals surface area contributed by atoms with Crippen LogP contribution in [0.2, 0.25) is 0 Å². The molecule has 2 atom stereocenters. The van der Waals surface area contributed by atoms with Gasteiger partial charge in [-0.1, -0.05) is 20.3 Å². The van der Waals surface area contributed by atoms with Crippen LogP contribution in [-0.2, 0) is 0 Å². The summed E-state index contributed by atoms with van der Waals surface area (Å²) in [7, 11) is 0. The fourth-order valence-corrected chi connectivity index (χ4v) is 1.78. The number of nitrogens with one attached hydrogen (secondary N) is 2. The molecule has 2 rings (SSSR count). The highest BCUT2D eigenvalue weighted by atomic mass is 16.5. The Balaban J connectivity index is 2.03. The summed E-state index contributed by atoms with van der Waals surface area (Å²) in [5.74, 6) is 6.88. The topological polar surface area (TPSA) is 98.0 Å². The van der Waals surface area contributed by atoms with E-state index in [0.29, 0.717) is 30.6 Å². The van der Waals surface area contributed by atoms with Gasteiger partial charge in [0.05, 0.1) is 6.61 Å². The molecule has 0 saturated heterocycles. The molecule has 1 aromatic heterocycles. The Hall–Kier alpha value is -1.63. The number of ether oxygens (including phenoxy) is 1. The molecule has 0 aliphatic heterocycles. The maximum Gasteiger partial charge on any atom is 0.323 e. The lowest BCUT2D eigenvalue weighted by Crippen LogP contribution is -2.15. The molecule has 7 heteroatoms. The van der Waals surface area contributed by atoms with Gasteiger partial charge < -0.3 is 10.1 Å². The van der Waals surface area contributed by atoms with Crippen LogP contribution in [-0.4, -0.2) is 27.6 Å².